The van der Waals surface area contributed by atoms with Gasteiger partial charge in [-0.3, -0.25) is 4.79 Å². The maximum Gasteiger partial charge on any atom is 0.335 e. The van der Waals surface area contributed by atoms with Crippen molar-refractivity contribution in [3.8, 4) is 5.75 Å². The van der Waals surface area contributed by atoms with E-state index in [1.807, 2.05) is 32.1 Å². The largest absolute Gasteiger partial charge is 0.496 e. The van der Waals surface area contributed by atoms with Gasteiger partial charge in [-0.2, -0.15) is 0 Å². The number of aromatic carboxylic acids is 1. The van der Waals surface area contributed by atoms with Crippen molar-refractivity contribution in [2.24, 2.45) is 0 Å². The highest BCUT2D eigenvalue weighted by molar-refractivity contribution is 5.98. The molecule has 0 atom stereocenters. The van der Waals surface area contributed by atoms with Gasteiger partial charge < -0.3 is 19.7 Å². The van der Waals surface area contributed by atoms with Crippen LogP contribution < -0.4 is 10.1 Å². The number of carbonyl (C=O) groups excluding carboxylic acids is 1. The van der Waals surface area contributed by atoms with E-state index in [0.717, 1.165) is 34.0 Å². The topological polar surface area (TPSA) is 80.6 Å². The molecule has 1 heterocycles. The lowest BCUT2D eigenvalue weighted by Crippen LogP contribution is -2.24. The number of rotatable bonds is 10. The molecule has 0 spiro atoms. The fraction of sp³-hybridized carbons (Fsp3) is 0.259. The van der Waals surface area contributed by atoms with E-state index in [2.05, 4.69) is 34.8 Å². The van der Waals surface area contributed by atoms with E-state index < -0.39 is 5.97 Å². The molecule has 1 amide bonds. The van der Waals surface area contributed by atoms with E-state index in [9.17, 15) is 14.7 Å². The van der Waals surface area contributed by atoms with E-state index in [1.165, 1.54) is 0 Å². The van der Waals surface area contributed by atoms with Gasteiger partial charge in [0.05, 0.1) is 12.7 Å². The summed E-state index contributed by atoms with van der Waals surface area (Å²) in [6, 6.07) is 11.1. The number of aromatic nitrogens is 1. The zero-order chi connectivity index (χ0) is 24.0. The summed E-state index contributed by atoms with van der Waals surface area (Å²) >= 11 is 0. The number of carboxylic acid groups (broad SMARTS) is 1. The second-order valence-corrected chi connectivity index (χ2v) is 7.96. The number of nitrogens with one attached hydrogen (secondary N) is 1. The summed E-state index contributed by atoms with van der Waals surface area (Å²) in [6.45, 7) is 9.01. The highest BCUT2D eigenvalue weighted by atomic mass is 16.5. The van der Waals surface area contributed by atoms with E-state index in [0.29, 0.717) is 30.8 Å². The molecule has 33 heavy (non-hydrogen) atoms. The van der Waals surface area contributed by atoms with Crippen LogP contribution in [0.2, 0.25) is 0 Å². The molecule has 0 saturated heterocycles. The van der Waals surface area contributed by atoms with Gasteiger partial charge in [-0.25, -0.2) is 4.79 Å². The standard InChI is InChI=1S/C27H30N2O4/c1-5-11-28-26(30)18(3)13-19-7-10-24-23(14-19)22(17-29(24)12-6-2)15-20-8-9-21(27(31)32)16-25(20)33-4/h6-10,13-14,16-17H,2,5,11-12,15H2,1,3-4H3,(H,28,30)(H,31,32)/b18-13+. The molecular weight excluding hydrogens is 416 g/mol. The number of amides is 1. The first-order chi connectivity index (χ1) is 15.9. The Bertz CT molecular complexity index is 1220. The number of hydrogen-bond donors (Lipinski definition) is 2. The van der Waals surface area contributed by atoms with Gasteiger partial charge in [0.1, 0.15) is 5.75 Å². The summed E-state index contributed by atoms with van der Waals surface area (Å²) in [7, 11) is 1.54. The fourth-order valence-corrected chi connectivity index (χ4v) is 3.83. The predicted molar refractivity (Wildman–Crippen MR) is 132 cm³/mol. The molecule has 0 fully saturated rings. The Morgan fingerprint density at radius 2 is 1.97 bits per heavy atom. The molecule has 0 aliphatic heterocycles. The molecule has 0 aliphatic rings. The van der Waals surface area contributed by atoms with Gasteiger partial charge in [0.15, 0.2) is 0 Å². The summed E-state index contributed by atoms with van der Waals surface area (Å²) in [4.78, 5) is 23.6. The van der Waals surface area contributed by atoms with Crippen LogP contribution in [-0.2, 0) is 17.8 Å². The number of methoxy groups -OCH3 is 1. The Labute approximate surface area is 194 Å². The highest BCUT2D eigenvalue weighted by Crippen LogP contribution is 2.29. The monoisotopic (exact) mass is 446 g/mol. The van der Waals surface area contributed by atoms with Crippen molar-refractivity contribution in [3.05, 3.63) is 83.1 Å². The van der Waals surface area contributed by atoms with E-state index in [4.69, 9.17) is 4.74 Å². The van der Waals surface area contributed by atoms with Crippen LogP contribution in [0.3, 0.4) is 0 Å². The number of carbonyl (C=O) groups is 2. The van der Waals surface area contributed by atoms with Gasteiger partial charge in [-0.15, -0.1) is 6.58 Å². The summed E-state index contributed by atoms with van der Waals surface area (Å²) in [5.41, 5.74) is 4.83. The molecule has 6 heteroatoms. The number of allylic oxidation sites excluding steroid dienone is 1. The van der Waals surface area contributed by atoms with Crippen LogP contribution in [0.1, 0.15) is 47.3 Å². The molecule has 0 saturated carbocycles. The number of fused-ring (bicyclic) bond motifs is 1. The van der Waals surface area contributed by atoms with Gasteiger partial charge in [0.2, 0.25) is 5.91 Å². The van der Waals surface area contributed by atoms with Gasteiger partial charge in [-0.1, -0.05) is 25.1 Å². The van der Waals surface area contributed by atoms with Crippen molar-refractivity contribution in [2.45, 2.75) is 33.2 Å². The van der Waals surface area contributed by atoms with Crippen molar-refractivity contribution in [1.29, 1.82) is 0 Å². The molecule has 1 aromatic heterocycles. The third-order valence-corrected chi connectivity index (χ3v) is 5.51. The Balaban J connectivity index is 2.02. The molecule has 0 bridgehead atoms. The zero-order valence-electron chi connectivity index (χ0n) is 19.4. The second-order valence-electron chi connectivity index (χ2n) is 7.96. The molecule has 6 nitrogen and oxygen atoms in total. The second kappa shape index (κ2) is 10.7. The van der Waals surface area contributed by atoms with Crippen LogP contribution in [0.25, 0.3) is 17.0 Å². The van der Waals surface area contributed by atoms with Crippen LogP contribution in [-0.4, -0.2) is 35.2 Å². The third-order valence-electron chi connectivity index (χ3n) is 5.51. The molecule has 172 valence electrons. The van der Waals surface area contributed by atoms with E-state index in [1.54, 1.807) is 25.3 Å². The van der Waals surface area contributed by atoms with Gasteiger partial charge in [0, 0.05) is 42.2 Å². The molecule has 2 aromatic carbocycles. The number of ether oxygens (including phenoxy) is 1. The number of carboxylic acids is 1. The minimum absolute atomic E-state index is 0.0651. The van der Waals surface area contributed by atoms with Gasteiger partial charge >= 0.3 is 5.97 Å². The molecule has 2 N–H and O–H groups in total. The Kier molecular flexibility index (Phi) is 7.72. The Hall–Kier alpha value is -3.80. The first-order valence-corrected chi connectivity index (χ1v) is 11.0. The fourth-order valence-electron chi connectivity index (χ4n) is 3.83. The molecule has 3 rings (SSSR count). The van der Waals surface area contributed by atoms with Crippen LogP contribution in [0.4, 0.5) is 0 Å². The molecule has 0 unspecified atom stereocenters. The van der Waals surface area contributed by atoms with Crippen molar-refractivity contribution in [1.82, 2.24) is 9.88 Å². The van der Waals surface area contributed by atoms with Gasteiger partial charge in [-0.05, 0) is 60.4 Å². The molecular formula is C27H30N2O4. The first-order valence-electron chi connectivity index (χ1n) is 11.0. The third kappa shape index (κ3) is 5.52. The quantitative estimate of drug-likeness (QED) is 0.337. The molecule has 0 aliphatic carbocycles. The number of hydrogen-bond acceptors (Lipinski definition) is 3. The normalized spacial score (nSPS) is 11.4. The SMILES string of the molecule is C=CCn1cc(Cc2ccc(C(=O)O)cc2OC)c2cc(/C=C(\C)C(=O)NCCC)ccc21. The van der Waals surface area contributed by atoms with Crippen LogP contribution in [0.5, 0.6) is 5.75 Å². The minimum Gasteiger partial charge on any atom is -0.496 e. The highest BCUT2D eigenvalue weighted by Gasteiger charge is 2.14. The average molecular weight is 447 g/mol. The number of benzene rings is 2. The maximum absolute atomic E-state index is 12.3. The lowest BCUT2D eigenvalue weighted by atomic mass is 10.00. The van der Waals surface area contributed by atoms with Crippen LogP contribution in [0, 0.1) is 0 Å². The summed E-state index contributed by atoms with van der Waals surface area (Å²) in [6.07, 6.45) is 7.29. The molecule has 3 aromatic rings. The van der Waals surface area contributed by atoms with Gasteiger partial charge in [0.25, 0.3) is 0 Å². The molecule has 0 radical (unpaired) electrons. The first kappa shape index (κ1) is 23.9. The Morgan fingerprint density at radius 1 is 1.18 bits per heavy atom. The van der Waals surface area contributed by atoms with Crippen molar-refractivity contribution < 1.29 is 19.4 Å². The minimum atomic E-state index is -0.989. The number of nitrogens with zero attached hydrogens (tertiary/aromatic N) is 1. The van der Waals surface area contributed by atoms with Crippen LogP contribution in [0.15, 0.2) is 60.8 Å². The Morgan fingerprint density at radius 3 is 2.64 bits per heavy atom. The lowest BCUT2D eigenvalue weighted by Gasteiger charge is -2.09. The van der Waals surface area contributed by atoms with Crippen molar-refractivity contribution in [2.75, 3.05) is 13.7 Å². The predicted octanol–water partition coefficient (Wildman–Crippen LogP) is 5.05. The average Bonchev–Trinajstić information content (AvgIpc) is 3.14. The van der Waals surface area contributed by atoms with Crippen molar-refractivity contribution >= 4 is 28.9 Å². The van der Waals surface area contributed by atoms with Crippen LogP contribution >= 0.6 is 0 Å². The summed E-state index contributed by atoms with van der Waals surface area (Å²) < 4.78 is 7.60. The summed E-state index contributed by atoms with van der Waals surface area (Å²) in [5.74, 6) is -0.513. The lowest BCUT2D eigenvalue weighted by molar-refractivity contribution is -0.117. The van der Waals surface area contributed by atoms with E-state index in [-0.39, 0.29) is 11.5 Å². The maximum atomic E-state index is 12.3. The smallest absolute Gasteiger partial charge is 0.335 e. The summed E-state index contributed by atoms with van der Waals surface area (Å²) in [5, 5.41) is 13.2. The zero-order valence-corrected chi connectivity index (χ0v) is 19.4. The van der Waals surface area contributed by atoms with Crippen molar-refractivity contribution in [3.63, 3.8) is 0 Å². The van der Waals surface area contributed by atoms with E-state index >= 15 is 0 Å².